The Balaban J connectivity index is 3.02. The van der Waals surface area contributed by atoms with E-state index in [0.717, 1.165) is 19.6 Å². The van der Waals surface area contributed by atoms with Gasteiger partial charge < -0.3 is 57.4 Å². The van der Waals surface area contributed by atoms with Crippen molar-refractivity contribution in [3.05, 3.63) is 0 Å². The molecule has 0 heterocycles. The Kier molecular flexibility index (Phi) is 41.1. The van der Waals surface area contributed by atoms with Crippen molar-refractivity contribution < 1.29 is 52.1 Å². The fourth-order valence-corrected chi connectivity index (χ4v) is 3.46. The van der Waals surface area contributed by atoms with E-state index in [4.69, 9.17) is 52.1 Å². The first kappa shape index (κ1) is 42.5. The Hall–Kier alpha value is -0.480. The van der Waals surface area contributed by atoms with Gasteiger partial charge in [-0.05, 0) is 13.5 Å². The molecule has 12 heteroatoms. The lowest BCUT2D eigenvalue weighted by atomic mass is 10.1. The SMILES string of the molecule is CCCCCCCCOCCOCCOCCOCCOCCOCCOCCOCCOCCOCCOCCNC. The highest BCUT2D eigenvalue weighted by Gasteiger charge is 1.97. The Morgan fingerprint density at radius 1 is 0.279 bits per heavy atom. The molecule has 12 nitrogen and oxygen atoms in total. The van der Waals surface area contributed by atoms with Crippen LogP contribution in [0.2, 0.25) is 0 Å². The molecule has 0 atom stereocenters. The maximum absolute atomic E-state index is 5.58. The van der Waals surface area contributed by atoms with Gasteiger partial charge in [0.25, 0.3) is 0 Å². The Morgan fingerprint density at radius 3 is 0.791 bits per heavy atom. The highest BCUT2D eigenvalue weighted by molar-refractivity contribution is 4.44. The Morgan fingerprint density at radius 2 is 0.512 bits per heavy atom. The highest BCUT2D eigenvalue weighted by atomic mass is 16.6. The molecule has 0 bridgehead atoms. The molecule has 0 fully saturated rings. The van der Waals surface area contributed by atoms with E-state index in [0.29, 0.717) is 139 Å². The molecule has 43 heavy (non-hydrogen) atoms. The van der Waals surface area contributed by atoms with E-state index in [1.807, 2.05) is 7.05 Å². The van der Waals surface area contributed by atoms with Gasteiger partial charge in [-0.25, -0.2) is 0 Å². The normalized spacial score (nSPS) is 11.6. The summed E-state index contributed by atoms with van der Waals surface area (Å²) in [6, 6.07) is 0. The van der Waals surface area contributed by atoms with Crippen LogP contribution in [0.3, 0.4) is 0 Å². The first-order valence-electron chi connectivity index (χ1n) is 16.4. The van der Waals surface area contributed by atoms with Crippen LogP contribution in [0.25, 0.3) is 0 Å². The second-order valence-corrected chi connectivity index (χ2v) is 9.61. The summed E-state index contributed by atoms with van der Waals surface area (Å²) in [4.78, 5) is 0. The van der Waals surface area contributed by atoms with Gasteiger partial charge in [0.1, 0.15) is 0 Å². The summed E-state index contributed by atoms with van der Waals surface area (Å²) in [6.07, 6.45) is 7.69. The van der Waals surface area contributed by atoms with Crippen LogP contribution in [0, 0.1) is 0 Å². The summed E-state index contributed by atoms with van der Waals surface area (Å²) in [6.45, 7) is 15.7. The minimum absolute atomic E-state index is 0.525. The summed E-state index contributed by atoms with van der Waals surface area (Å²) in [5, 5.41) is 3.02. The molecule has 0 aromatic carbocycles. The van der Waals surface area contributed by atoms with Gasteiger partial charge in [0.2, 0.25) is 0 Å². The molecule has 0 radical (unpaired) electrons. The molecule has 0 amide bonds. The summed E-state index contributed by atoms with van der Waals surface area (Å²) in [5.41, 5.74) is 0. The molecule has 0 aromatic rings. The predicted octanol–water partition coefficient (Wildman–Crippen LogP) is 2.75. The fourth-order valence-electron chi connectivity index (χ4n) is 3.46. The van der Waals surface area contributed by atoms with E-state index in [9.17, 15) is 0 Å². The second-order valence-electron chi connectivity index (χ2n) is 9.61. The van der Waals surface area contributed by atoms with Gasteiger partial charge in [0.05, 0.1) is 139 Å². The van der Waals surface area contributed by atoms with Gasteiger partial charge in [0.15, 0.2) is 0 Å². The van der Waals surface area contributed by atoms with Crippen LogP contribution < -0.4 is 5.32 Å². The molecule has 0 aliphatic carbocycles. The van der Waals surface area contributed by atoms with Gasteiger partial charge in [-0.15, -0.1) is 0 Å². The van der Waals surface area contributed by atoms with E-state index >= 15 is 0 Å². The molecule has 1 N–H and O–H groups in total. The van der Waals surface area contributed by atoms with Crippen molar-refractivity contribution >= 4 is 0 Å². The number of ether oxygens (including phenoxy) is 11. The molecule has 0 rings (SSSR count). The van der Waals surface area contributed by atoms with Crippen LogP contribution in [0.15, 0.2) is 0 Å². The predicted molar refractivity (Wildman–Crippen MR) is 166 cm³/mol. The third-order valence-corrected chi connectivity index (χ3v) is 5.86. The average molecular weight is 628 g/mol. The van der Waals surface area contributed by atoms with Gasteiger partial charge in [-0.2, -0.15) is 0 Å². The van der Waals surface area contributed by atoms with Crippen molar-refractivity contribution in [2.75, 3.05) is 159 Å². The van der Waals surface area contributed by atoms with E-state index in [-0.39, 0.29) is 0 Å². The number of likely N-dealkylation sites (N-methyl/N-ethyl adjacent to an activating group) is 1. The average Bonchev–Trinajstić information content (AvgIpc) is 3.02. The largest absolute Gasteiger partial charge is 0.379 e. The summed E-state index contributed by atoms with van der Waals surface area (Å²) < 4.78 is 60.2. The van der Waals surface area contributed by atoms with Crippen molar-refractivity contribution in [2.24, 2.45) is 0 Å². The van der Waals surface area contributed by atoms with Gasteiger partial charge >= 0.3 is 0 Å². The zero-order chi connectivity index (χ0) is 31.0. The lowest BCUT2D eigenvalue weighted by molar-refractivity contribution is -0.0274. The highest BCUT2D eigenvalue weighted by Crippen LogP contribution is 2.04. The van der Waals surface area contributed by atoms with Crippen LogP contribution in [0.1, 0.15) is 45.4 Å². The van der Waals surface area contributed by atoms with Crippen molar-refractivity contribution in [3.8, 4) is 0 Å². The van der Waals surface area contributed by atoms with Crippen LogP contribution in [0.4, 0.5) is 0 Å². The zero-order valence-electron chi connectivity index (χ0n) is 27.5. The van der Waals surface area contributed by atoms with E-state index in [1.54, 1.807) is 0 Å². The van der Waals surface area contributed by atoms with E-state index < -0.39 is 0 Å². The molecule has 0 aromatic heterocycles. The molecule has 260 valence electrons. The van der Waals surface area contributed by atoms with Gasteiger partial charge in [0, 0.05) is 13.2 Å². The van der Waals surface area contributed by atoms with Crippen molar-refractivity contribution in [2.45, 2.75) is 45.4 Å². The quantitative estimate of drug-likeness (QED) is 0.101. The molecular weight excluding hydrogens is 562 g/mol. The molecule has 0 spiro atoms. The van der Waals surface area contributed by atoms with Crippen LogP contribution >= 0.6 is 0 Å². The number of hydrogen-bond acceptors (Lipinski definition) is 12. The Bertz CT molecular complexity index is 441. The van der Waals surface area contributed by atoms with Gasteiger partial charge in [-0.3, -0.25) is 0 Å². The molecule has 0 saturated heterocycles. The lowest BCUT2D eigenvalue weighted by Gasteiger charge is -2.09. The number of unbranched alkanes of at least 4 members (excludes halogenated alkanes) is 5. The van der Waals surface area contributed by atoms with Gasteiger partial charge in [-0.1, -0.05) is 39.0 Å². The van der Waals surface area contributed by atoms with E-state index in [2.05, 4.69) is 12.2 Å². The zero-order valence-corrected chi connectivity index (χ0v) is 27.5. The summed E-state index contributed by atoms with van der Waals surface area (Å²) in [7, 11) is 1.90. The topological polar surface area (TPSA) is 114 Å². The third-order valence-electron chi connectivity index (χ3n) is 5.86. The lowest BCUT2D eigenvalue weighted by Crippen LogP contribution is -2.17. The van der Waals surface area contributed by atoms with Crippen LogP contribution in [-0.2, 0) is 52.1 Å². The maximum Gasteiger partial charge on any atom is 0.0701 e. The van der Waals surface area contributed by atoms with Crippen LogP contribution in [-0.4, -0.2) is 159 Å². The van der Waals surface area contributed by atoms with E-state index in [1.165, 1.54) is 32.1 Å². The minimum Gasteiger partial charge on any atom is -0.379 e. The first-order chi connectivity index (χ1) is 21.4. The minimum atomic E-state index is 0.525. The molecule has 0 aliphatic heterocycles. The summed E-state index contributed by atoms with van der Waals surface area (Å²) in [5.74, 6) is 0. The molecule has 0 unspecified atom stereocenters. The standard InChI is InChI=1S/C31H65NO11/c1-3-4-5-6-7-8-10-33-12-14-35-16-18-37-20-22-39-24-26-41-28-30-43-31-29-42-27-25-40-23-21-38-19-17-36-15-13-34-11-9-32-2/h32H,3-31H2,1-2H3. The smallest absolute Gasteiger partial charge is 0.0701 e. The molecular formula is C31H65NO11. The monoisotopic (exact) mass is 627 g/mol. The first-order valence-corrected chi connectivity index (χ1v) is 16.4. The van der Waals surface area contributed by atoms with Crippen LogP contribution in [0.5, 0.6) is 0 Å². The Labute approximate surface area is 261 Å². The van der Waals surface area contributed by atoms with Crippen molar-refractivity contribution in [1.82, 2.24) is 5.32 Å². The third kappa shape index (κ3) is 41.5. The number of rotatable bonds is 40. The number of hydrogen-bond donors (Lipinski definition) is 1. The number of nitrogens with one attached hydrogen (secondary N) is 1. The maximum atomic E-state index is 5.58. The molecule has 0 saturated carbocycles. The van der Waals surface area contributed by atoms with Crippen molar-refractivity contribution in [3.63, 3.8) is 0 Å². The fraction of sp³-hybridized carbons (Fsp3) is 1.00. The molecule has 0 aliphatic rings. The van der Waals surface area contributed by atoms with Crippen molar-refractivity contribution in [1.29, 1.82) is 0 Å². The second kappa shape index (κ2) is 41.5. The summed E-state index contributed by atoms with van der Waals surface area (Å²) >= 11 is 0.